The number of aliphatic carboxylic acids is 1. The summed E-state index contributed by atoms with van der Waals surface area (Å²) in [4.78, 5) is 32.3. The number of fused-ring (bicyclic) bond motifs is 1. The summed E-state index contributed by atoms with van der Waals surface area (Å²) in [5.74, 6) is -1.37. The fraction of sp³-hybridized carbons (Fsp3) is 0.615. The summed E-state index contributed by atoms with van der Waals surface area (Å²) >= 11 is 0. The predicted molar refractivity (Wildman–Crippen MR) is 72.0 cm³/mol. The number of carboxylic acid groups (broad SMARTS) is 1. The summed E-state index contributed by atoms with van der Waals surface area (Å²) in [6, 6.07) is -0.831. The molecule has 0 saturated heterocycles. The third-order valence-electron chi connectivity index (χ3n) is 3.59. The summed E-state index contributed by atoms with van der Waals surface area (Å²) in [6.45, 7) is 5.39. The lowest BCUT2D eigenvalue weighted by atomic mass is 10.00. The highest BCUT2D eigenvalue weighted by Gasteiger charge is 2.37. The van der Waals surface area contributed by atoms with Crippen molar-refractivity contribution in [2.75, 3.05) is 13.1 Å². The third kappa shape index (κ3) is 2.82. The minimum absolute atomic E-state index is 0.140. The Morgan fingerprint density at radius 2 is 2.40 bits per heavy atom. The van der Waals surface area contributed by atoms with Gasteiger partial charge in [0.05, 0.1) is 24.3 Å². The van der Waals surface area contributed by atoms with E-state index in [1.807, 2.05) is 13.8 Å². The van der Waals surface area contributed by atoms with E-state index in [4.69, 9.17) is 0 Å². The maximum atomic E-state index is 12.4. The number of aromatic amines is 1. The van der Waals surface area contributed by atoms with Gasteiger partial charge in [-0.3, -0.25) is 4.79 Å². The average Bonchev–Trinajstić information content (AvgIpc) is 2.89. The van der Waals surface area contributed by atoms with Gasteiger partial charge in [0, 0.05) is 18.9 Å². The topological polar surface area (TPSA) is 98.3 Å². The van der Waals surface area contributed by atoms with E-state index < -0.39 is 12.0 Å². The zero-order valence-electron chi connectivity index (χ0n) is 11.7. The van der Waals surface area contributed by atoms with Gasteiger partial charge >= 0.3 is 5.97 Å². The molecule has 110 valence electrons. The van der Waals surface area contributed by atoms with E-state index in [1.165, 1.54) is 4.90 Å². The van der Waals surface area contributed by atoms with Crippen LogP contribution in [-0.4, -0.2) is 51.0 Å². The number of rotatable bonds is 5. The van der Waals surface area contributed by atoms with E-state index in [0.717, 1.165) is 17.9 Å². The van der Waals surface area contributed by atoms with Crippen LogP contribution in [0.25, 0.3) is 0 Å². The van der Waals surface area contributed by atoms with Crippen molar-refractivity contribution in [1.29, 1.82) is 0 Å². The van der Waals surface area contributed by atoms with Crippen molar-refractivity contribution in [3.8, 4) is 0 Å². The molecule has 1 aromatic heterocycles. The van der Waals surface area contributed by atoms with E-state index >= 15 is 0 Å². The highest BCUT2D eigenvalue weighted by atomic mass is 16.4. The SMILES string of the molecule is CCNCC(C)C(=O)N1Cc2[nH]cnc2CC1C(=O)O. The summed E-state index contributed by atoms with van der Waals surface area (Å²) in [5, 5.41) is 12.4. The van der Waals surface area contributed by atoms with Gasteiger partial charge in [-0.2, -0.15) is 0 Å². The second kappa shape index (κ2) is 6.04. The van der Waals surface area contributed by atoms with Gasteiger partial charge < -0.3 is 20.3 Å². The van der Waals surface area contributed by atoms with Crippen molar-refractivity contribution in [2.45, 2.75) is 32.9 Å². The molecular formula is C13H20N4O3. The number of nitrogens with zero attached hydrogens (tertiary/aromatic N) is 2. The van der Waals surface area contributed by atoms with Crippen molar-refractivity contribution in [1.82, 2.24) is 20.2 Å². The van der Waals surface area contributed by atoms with Gasteiger partial charge in [0.1, 0.15) is 6.04 Å². The predicted octanol–water partition coefficient (Wildman–Crippen LogP) is -0.00680. The Morgan fingerprint density at radius 3 is 3.05 bits per heavy atom. The van der Waals surface area contributed by atoms with Crippen LogP contribution in [0.5, 0.6) is 0 Å². The Labute approximate surface area is 117 Å². The van der Waals surface area contributed by atoms with E-state index in [0.29, 0.717) is 6.54 Å². The Balaban J connectivity index is 2.15. The van der Waals surface area contributed by atoms with E-state index in [-0.39, 0.29) is 24.8 Å². The number of aromatic nitrogens is 2. The van der Waals surface area contributed by atoms with Crippen molar-refractivity contribution in [3.63, 3.8) is 0 Å². The van der Waals surface area contributed by atoms with Crippen molar-refractivity contribution >= 4 is 11.9 Å². The summed E-state index contributed by atoms with van der Waals surface area (Å²) < 4.78 is 0. The quantitative estimate of drug-likeness (QED) is 0.705. The third-order valence-corrected chi connectivity index (χ3v) is 3.59. The lowest BCUT2D eigenvalue weighted by Gasteiger charge is -2.34. The van der Waals surface area contributed by atoms with Crippen molar-refractivity contribution < 1.29 is 14.7 Å². The normalized spacial score (nSPS) is 19.5. The Bertz CT molecular complexity index is 500. The zero-order chi connectivity index (χ0) is 14.7. The van der Waals surface area contributed by atoms with Gasteiger partial charge in [-0.05, 0) is 6.54 Å². The number of hydrogen-bond donors (Lipinski definition) is 3. The molecule has 2 rings (SSSR count). The number of carboxylic acids is 1. The molecule has 7 nitrogen and oxygen atoms in total. The van der Waals surface area contributed by atoms with Gasteiger partial charge in [0.15, 0.2) is 0 Å². The highest BCUT2D eigenvalue weighted by molar-refractivity contribution is 5.85. The minimum Gasteiger partial charge on any atom is -0.480 e. The van der Waals surface area contributed by atoms with Crippen LogP contribution in [0.3, 0.4) is 0 Å². The second-order valence-corrected chi connectivity index (χ2v) is 5.06. The summed E-state index contributed by atoms with van der Waals surface area (Å²) in [7, 11) is 0. The number of amides is 1. The Hall–Kier alpha value is -1.89. The van der Waals surface area contributed by atoms with Gasteiger partial charge in [-0.15, -0.1) is 0 Å². The molecule has 1 amide bonds. The number of nitrogens with one attached hydrogen (secondary N) is 2. The van der Waals surface area contributed by atoms with E-state index in [9.17, 15) is 14.7 Å². The smallest absolute Gasteiger partial charge is 0.326 e. The molecule has 7 heteroatoms. The molecule has 1 aromatic rings. The molecule has 20 heavy (non-hydrogen) atoms. The molecule has 1 aliphatic rings. The first-order valence-corrected chi connectivity index (χ1v) is 6.79. The first-order chi connectivity index (χ1) is 9.54. The maximum absolute atomic E-state index is 12.4. The van der Waals surface area contributed by atoms with Crippen LogP contribution in [0.1, 0.15) is 25.2 Å². The largest absolute Gasteiger partial charge is 0.480 e. The summed E-state index contributed by atoms with van der Waals surface area (Å²) in [5.41, 5.74) is 1.56. The van der Waals surface area contributed by atoms with Crippen LogP contribution in [0.2, 0.25) is 0 Å². The standard InChI is InChI=1S/C13H20N4O3/c1-3-14-5-8(2)12(18)17-6-10-9(15-7-16-10)4-11(17)13(19)20/h7-8,11,14H,3-6H2,1-2H3,(H,15,16)(H,19,20). The van der Waals surface area contributed by atoms with Crippen LogP contribution in [0.4, 0.5) is 0 Å². The van der Waals surface area contributed by atoms with Crippen LogP contribution in [0.15, 0.2) is 6.33 Å². The highest BCUT2D eigenvalue weighted by Crippen LogP contribution is 2.22. The van der Waals surface area contributed by atoms with Crippen LogP contribution in [-0.2, 0) is 22.6 Å². The summed E-state index contributed by atoms with van der Waals surface area (Å²) in [6.07, 6.45) is 1.80. The molecule has 0 saturated carbocycles. The molecule has 0 radical (unpaired) electrons. The molecule has 0 fully saturated rings. The van der Waals surface area contributed by atoms with Crippen LogP contribution >= 0.6 is 0 Å². The lowest BCUT2D eigenvalue weighted by Crippen LogP contribution is -2.51. The molecule has 0 spiro atoms. The molecule has 2 heterocycles. The molecule has 1 aliphatic heterocycles. The van der Waals surface area contributed by atoms with Gasteiger partial charge in [-0.1, -0.05) is 13.8 Å². The monoisotopic (exact) mass is 280 g/mol. The fourth-order valence-corrected chi connectivity index (χ4v) is 2.42. The van der Waals surface area contributed by atoms with Gasteiger partial charge in [0.25, 0.3) is 0 Å². The maximum Gasteiger partial charge on any atom is 0.326 e. The molecule has 0 aliphatic carbocycles. The van der Waals surface area contributed by atoms with Crippen LogP contribution in [0, 0.1) is 5.92 Å². The Kier molecular flexibility index (Phi) is 4.39. The molecule has 2 atom stereocenters. The minimum atomic E-state index is -0.984. The first kappa shape index (κ1) is 14.5. The number of carbonyl (C=O) groups excluding carboxylic acids is 1. The number of imidazole rings is 1. The molecule has 3 N–H and O–H groups in total. The van der Waals surface area contributed by atoms with E-state index in [1.54, 1.807) is 6.33 Å². The fourth-order valence-electron chi connectivity index (χ4n) is 2.42. The van der Waals surface area contributed by atoms with Gasteiger partial charge in [-0.25, -0.2) is 9.78 Å². The number of H-pyrrole nitrogens is 1. The van der Waals surface area contributed by atoms with Crippen LogP contribution < -0.4 is 5.32 Å². The zero-order valence-corrected chi connectivity index (χ0v) is 11.7. The average molecular weight is 280 g/mol. The number of carbonyl (C=O) groups is 2. The van der Waals surface area contributed by atoms with Gasteiger partial charge in [0.2, 0.25) is 5.91 Å². The Morgan fingerprint density at radius 1 is 1.65 bits per heavy atom. The molecule has 0 aromatic carbocycles. The van der Waals surface area contributed by atoms with Crippen molar-refractivity contribution in [3.05, 3.63) is 17.7 Å². The second-order valence-electron chi connectivity index (χ2n) is 5.06. The molecular weight excluding hydrogens is 260 g/mol. The molecule has 0 bridgehead atoms. The lowest BCUT2D eigenvalue weighted by molar-refractivity contribution is -0.153. The first-order valence-electron chi connectivity index (χ1n) is 6.79. The number of hydrogen-bond acceptors (Lipinski definition) is 4. The van der Waals surface area contributed by atoms with E-state index in [2.05, 4.69) is 15.3 Å². The molecule has 2 unspecified atom stereocenters. The van der Waals surface area contributed by atoms with Crippen molar-refractivity contribution in [2.24, 2.45) is 5.92 Å².